The standard InChI is InChI=1S/C56H38O12/c57-29-9-1-25(2-10-29)45-47-37(17-33(61)21-41(47)65)53-49-39(19-35(63)23-43(49)67-55(53)27-5-13-31(59)14-6-27)51(45)52-40-20-36(64)24-44-50(40)54(56(68-44)28-7-15-32(60)16-8-28)38-18-34(62)22-42(66)48(38)46(52)26-3-11-30(58)12-4-26/h1-24,45,51-53,55,57-61,63-66H. The van der Waals surface area contributed by atoms with Crippen LogP contribution in [0.1, 0.15) is 79.8 Å². The van der Waals surface area contributed by atoms with Crippen molar-refractivity contribution >= 4 is 27.9 Å². The number of phenols is 8. The predicted molar refractivity (Wildman–Crippen MR) is 250 cm³/mol. The van der Waals surface area contributed by atoms with E-state index >= 15 is 0 Å². The van der Waals surface area contributed by atoms with Gasteiger partial charge in [-0.25, -0.2) is 0 Å². The highest BCUT2D eigenvalue weighted by Gasteiger charge is 2.52. The Labute approximate surface area is 386 Å². The second-order valence-electron chi connectivity index (χ2n) is 17.7. The highest BCUT2D eigenvalue weighted by Crippen LogP contribution is 2.67. The molecule has 0 radical (unpaired) electrons. The van der Waals surface area contributed by atoms with Gasteiger partial charge in [0.25, 0.3) is 0 Å². The lowest BCUT2D eigenvalue weighted by atomic mass is 9.64. The van der Waals surface area contributed by atoms with Gasteiger partial charge in [-0.2, -0.15) is 0 Å². The molecule has 5 unspecified atom stereocenters. The molecular weight excluding hydrogens is 865 g/mol. The van der Waals surface area contributed by atoms with Crippen molar-refractivity contribution in [2.75, 3.05) is 0 Å². The van der Waals surface area contributed by atoms with Crippen LogP contribution in [0.3, 0.4) is 0 Å². The Balaban J connectivity index is 1.29. The van der Waals surface area contributed by atoms with Gasteiger partial charge >= 0.3 is 0 Å². The average Bonchev–Trinajstić information content (AvgIpc) is 3.81. The first kappa shape index (κ1) is 40.5. The van der Waals surface area contributed by atoms with Gasteiger partial charge in [0.05, 0.1) is 5.92 Å². The summed E-state index contributed by atoms with van der Waals surface area (Å²) in [5.41, 5.74) is 6.17. The number of phenolic OH excluding ortho intramolecular Hbond substituents is 8. The van der Waals surface area contributed by atoms with Crippen molar-refractivity contribution in [1.29, 1.82) is 0 Å². The minimum absolute atomic E-state index is 0.00367. The topological polar surface area (TPSA) is 222 Å². The summed E-state index contributed by atoms with van der Waals surface area (Å²) in [5, 5.41) is 103. The summed E-state index contributed by atoms with van der Waals surface area (Å²) >= 11 is 0. The molecule has 9 N–H and O–H groups in total. The van der Waals surface area contributed by atoms with Gasteiger partial charge in [-0.3, -0.25) is 4.79 Å². The van der Waals surface area contributed by atoms with E-state index in [1.807, 2.05) is 0 Å². The maximum atomic E-state index is 13.8. The fourth-order valence-corrected chi connectivity index (χ4v) is 11.3. The van der Waals surface area contributed by atoms with E-state index in [4.69, 9.17) is 9.15 Å². The lowest BCUT2D eigenvalue weighted by Gasteiger charge is -2.38. The second-order valence-corrected chi connectivity index (χ2v) is 17.7. The van der Waals surface area contributed by atoms with Crippen LogP contribution < -0.4 is 4.74 Å². The van der Waals surface area contributed by atoms with Gasteiger partial charge in [-0.05, 0) is 124 Å². The summed E-state index contributed by atoms with van der Waals surface area (Å²) in [5.74, 6) is -5.07. The minimum Gasteiger partial charge on any atom is -0.508 e. The Hall–Kier alpha value is -9.03. The molecule has 4 aliphatic rings. The molecule has 12 rings (SSSR count). The highest BCUT2D eigenvalue weighted by atomic mass is 16.5. The van der Waals surface area contributed by atoms with Crippen LogP contribution >= 0.6 is 0 Å². The molecule has 68 heavy (non-hydrogen) atoms. The maximum absolute atomic E-state index is 13.8. The molecule has 0 bridgehead atoms. The molecule has 8 aromatic rings. The maximum Gasteiger partial charge on any atom is 0.182 e. The van der Waals surface area contributed by atoms with Gasteiger partial charge in [-0.1, -0.05) is 36.4 Å². The zero-order valence-electron chi connectivity index (χ0n) is 35.5. The number of aliphatic hydroxyl groups excluding tert-OH is 1. The Morgan fingerprint density at radius 3 is 1.69 bits per heavy atom. The molecule has 12 heteroatoms. The van der Waals surface area contributed by atoms with Crippen molar-refractivity contribution in [3.05, 3.63) is 207 Å². The van der Waals surface area contributed by atoms with E-state index in [1.54, 1.807) is 66.7 Å². The molecule has 0 spiro atoms. The van der Waals surface area contributed by atoms with Gasteiger partial charge in [0, 0.05) is 80.8 Å². The van der Waals surface area contributed by atoms with Gasteiger partial charge in [0.1, 0.15) is 75.0 Å². The van der Waals surface area contributed by atoms with Crippen molar-refractivity contribution in [2.45, 2.75) is 29.8 Å². The largest absolute Gasteiger partial charge is 0.508 e. The van der Waals surface area contributed by atoms with E-state index in [0.29, 0.717) is 72.3 Å². The Morgan fingerprint density at radius 2 is 1.03 bits per heavy atom. The van der Waals surface area contributed by atoms with Gasteiger partial charge in [0.15, 0.2) is 5.78 Å². The fourth-order valence-electron chi connectivity index (χ4n) is 11.3. The number of carbonyl (C=O) groups is 1. The van der Waals surface area contributed by atoms with E-state index in [1.165, 1.54) is 72.8 Å². The number of hydrogen-bond acceptors (Lipinski definition) is 12. The van der Waals surface area contributed by atoms with Crippen molar-refractivity contribution < 1.29 is 59.9 Å². The third kappa shape index (κ3) is 6.11. The number of benzene rings is 7. The van der Waals surface area contributed by atoms with Crippen molar-refractivity contribution in [1.82, 2.24) is 0 Å². The molecule has 3 aliphatic carbocycles. The number of aromatic hydroxyl groups is 8. The first-order valence-electron chi connectivity index (χ1n) is 21.8. The number of allylic oxidation sites excluding steroid dienone is 4. The molecule has 1 aromatic heterocycles. The first-order valence-corrected chi connectivity index (χ1v) is 21.8. The highest BCUT2D eigenvalue weighted by molar-refractivity contribution is 6.19. The van der Waals surface area contributed by atoms with Crippen LogP contribution in [0.4, 0.5) is 0 Å². The first-order chi connectivity index (χ1) is 32.8. The Morgan fingerprint density at radius 1 is 0.471 bits per heavy atom. The van der Waals surface area contributed by atoms with Crippen LogP contribution in [0.25, 0.3) is 33.4 Å². The second kappa shape index (κ2) is 14.7. The van der Waals surface area contributed by atoms with Crippen LogP contribution in [-0.4, -0.2) is 51.7 Å². The van der Waals surface area contributed by atoms with E-state index < -0.39 is 35.6 Å². The van der Waals surface area contributed by atoms with Crippen LogP contribution in [-0.2, 0) is 4.79 Å². The molecule has 5 atom stereocenters. The van der Waals surface area contributed by atoms with Crippen LogP contribution in [0.2, 0.25) is 0 Å². The monoisotopic (exact) mass is 902 g/mol. The molecule has 1 aliphatic heterocycles. The van der Waals surface area contributed by atoms with Gasteiger partial charge in [0.2, 0.25) is 0 Å². The fraction of sp³-hybridized carbons (Fsp3) is 0.0893. The van der Waals surface area contributed by atoms with Gasteiger partial charge < -0.3 is 55.1 Å². The number of fused-ring (bicyclic) bond motifs is 4. The summed E-state index contributed by atoms with van der Waals surface area (Å²) in [6, 6.07) is 34.7. The van der Waals surface area contributed by atoms with Crippen LogP contribution in [0.15, 0.2) is 161 Å². The summed E-state index contributed by atoms with van der Waals surface area (Å²) < 4.78 is 13.5. The molecule has 0 fully saturated rings. The van der Waals surface area contributed by atoms with Crippen LogP contribution in [0, 0.1) is 0 Å². The summed E-state index contributed by atoms with van der Waals surface area (Å²) in [6.07, 6.45) is 1.70. The van der Waals surface area contributed by atoms with Crippen LogP contribution in [0.5, 0.6) is 51.7 Å². The lowest BCUT2D eigenvalue weighted by Crippen LogP contribution is -2.23. The van der Waals surface area contributed by atoms with E-state index in [2.05, 4.69) is 0 Å². The molecule has 2 heterocycles. The zero-order valence-corrected chi connectivity index (χ0v) is 35.5. The number of aliphatic hydroxyl groups is 1. The number of furan rings is 1. The van der Waals surface area contributed by atoms with Gasteiger partial charge in [-0.15, -0.1) is 0 Å². The van der Waals surface area contributed by atoms with Crippen molar-refractivity contribution in [2.24, 2.45) is 0 Å². The quantitative estimate of drug-likeness (QED) is 0.0787. The molecule has 0 saturated carbocycles. The molecule has 0 amide bonds. The summed E-state index contributed by atoms with van der Waals surface area (Å²) in [4.78, 5) is 13.8. The molecule has 0 saturated heterocycles. The molecule has 334 valence electrons. The van der Waals surface area contributed by atoms with Crippen molar-refractivity contribution in [3.8, 4) is 63.1 Å². The normalized spacial score (nSPS) is 20.1. The van der Waals surface area contributed by atoms with E-state index in [-0.39, 0.29) is 74.2 Å². The third-order valence-corrected chi connectivity index (χ3v) is 13.8. The molecular formula is C56H38O12. The summed E-state index contributed by atoms with van der Waals surface area (Å²) in [7, 11) is 0. The zero-order chi connectivity index (χ0) is 46.9. The SMILES string of the molecule is O=C1C=C(O)C2=C(c3ccc(O)cc3)C(C3c4cc(O)cc5c4C(c4cc(O)cc(O)c4C3c3ccc(O)cc3)C(c3ccc(O)cc3)O5)c3cc(O)cc4oc(-c5ccc(O)cc5)c(c34)C2=C1. The molecule has 7 aromatic carbocycles. The average molecular weight is 903 g/mol. The Kier molecular flexibility index (Phi) is 8.78. The summed E-state index contributed by atoms with van der Waals surface area (Å²) in [6.45, 7) is 0. The number of ether oxygens (including phenoxy) is 1. The van der Waals surface area contributed by atoms with Crippen molar-refractivity contribution in [3.63, 3.8) is 0 Å². The number of rotatable bonds is 5. The smallest absolute Gasteiger partial charge is 0.182 e. The number of carbonyl (C=O) groups excluding carboxylic acids is 1. The van der Waals surface area contributed by atoms with E-state index in [9.17, 15) is 50.8 Å². The third-order valence-electron chi connectivity index (χ3n) is 13.8. The molecule has 12 nitrogen and oxygen atoms in total. The minimum atomic E-state index is -1.06. The predicted octanol–water partition coefficient (Wildman–Crippen LogP) is 10.9. The number of hydrogen-bond donors (Lipinski definition) is 9. The van der Waals surface area contributed by atoms with E-state index in [0.717, 1.165) is 6.08 Å². The lowest BCUT2D eigenvalue weighted by molar-refractivity contribution is -0.110. The number of ketones is 1. The Bertz CT molecular complexity index is 3540.